The van der Waals surface area contributed by atoms with E-state index >= 15 is 0 Å². The number of hydrogen-bond acceptors (Lipinski definition) is 6. The Labute approximate surface area is 237 Å². The first-order valence-corrected chi connectivity index (χ1v) is 15.0. The lowest BCUT2D eigenvalue weighted by molar-refractivity contribution is -0.139. The van der Waals surface area contributed by atoms with Crippen LogP contribution in [0, 0.1) is 12.3 Å². The van der Waals surface area contributed by atoms with Gasteiger partial charge in [0.25, 0.3) is 0 Å². The number of terminal acetylenes is 1. The molecule has 2 rings (SSSR count). The second-order valence-corrected chi connectivity index (χ2v) is 11.4. The molecule has 12 heteroatoms. The molecule has 1 aliphatic heterocycles. The van der Waals surface area contributed by atoms with Gasteiger partial charge in [-0.05, 0) is 37.8 Å². The van der Waals surface area contributed by atoms with Crippen LogP contribution in [0.15, 0.2) is 53.4 Å². The number of carbonyl (C=O) groups excluding carboxylic acids is 1. The van der Waals surface area contributed by atoms with Crippen molar-refractivity contribution in [3.05, 3.63) is 59.6 Å². The Kier molecular flexibility index (Phi) is 12.1. The van der Waals surface area contributed by atoms with Crippen LogP contribution in [-0.4, -0.2) is 90.5 Å². The number of carboxylic acid groups (broad SMARTS) is 1. The van der Waals surface area contributed by atoms with Gasteiger partial charge in [-0.15, -0.1) is 6.42 Å². The molecule has 1 atom stereocenters. The standard InChI is InChI=1S/C28H40N6O5S/c1-6-15-34(40(5,38)39)25(20-30-28(29)32(7-2)8-3)21(4)31-24(27(36)37)18-22-11-13-23(14-12-22)19-26(35)33-16-9-10-17-33/h1,11-14,20,24,31H,4,7-10,15-19H2,2-3,5H3,(H2,29,30)(H,36,37)/b25-20+/t24-/m0/s1. The van der Waals surface area contributed by atoms with Crippen LogP contribution in [-0.2, 0) is 32.5 Å². The summed E-state index contributed by atoms with van der Waals surface area (Å²) in [7, 11) is -3.87. The lowest BCUT2D eigenvalue weighted by atomic mass is 10.0. The van der Waals surface area contributed by atoms with E-state index in [2.05, 4.69) is 22.8 Å². The van der Waals surface area contributed by atoms with Crippen molar-refractivity contribution in [2.75, 3.05) is 39.0 Å². The first-order valence-electron chi connectivity index (χ1n) is 13.1. The Morgan fingerprint density at radius 2 is 1.80 bits per heavy atom. The number of nitrogens with zero attached hydrogens (tertiary/aromatic N) is 4. The summed E-state index contributed by atoms with van der Waals surface area (Å²) in [4.78, 5) is 32.4. The van der Waals surface area contributed by atoms with Crippen LogP contribution in [0.3, 0.4) is 0 Å². The first kappa shape index (κ1) is 32.2. The molecule has 0 aromatic heterocycles. The zero-order chi connectivity index (χ0) is 29.9. The Hall–Kier alpha value is -3.98. The van der Waals surface area contributed by atoms with Gasteiger partial charge in [-0.2, -0.15) is 0 Å². The Morgan fingerprint density at radius 1 is 1.23 bits per heavy atom. The lowest BCUT2D eigenvalue weighted by Crippen LogP contribution is -2.41. The van der Waals surface area contributed by atoms with Crippen molar-refractivity contribution in [2.24, 2.45) is 10.7 Å². The van der Waals surface area contributed by atoms with Gasteiger partial charge in [0.15, 0.2) is 5.96 Å². The zero-order valence-corrected chi connectivity index (χ0v) is 24.3. The van der Waals surface area contributed by atoms with Crippen LogP contribution in [0.2, 0.25) is 0 Å². The van der Waals surface area contributed by atoms with E-state index in [1.807, 2.05) is 30.9 Å². The number of likely N-dealkylation sites (tertiary alicyclic amines) is 1. The minimum Gasteiger partial charge on any atom is -0.480 e. The maximum absolute atomic E-state index is 12.5. The van der Waals surface area contributed by atoms with Crippen molar-refractivity contribution in [3.8, 4) is 12.3 Å². The van der Waals surface area contributed by atoms with Crippen molar-refractivity contribution in [1.82, 2.24) is 19.4 Å². The molecule has 1 amide bonds. The molecule has 1 heterocycles. The summed E-state index contributed by atoms with van der Waals surface area (Å²) in [5.74, 6) is 1.37. The number of rotatable bonds is 14. The smallest absolute Gasteiger partial charge is 0.326 e. The molecule has 0 radical (unpaired) electrons. The van der Waals surface area contributed by atoms with Crippen molar-refractivity contribution in [3.63, 3.8) is 0 Å². The van der Waals surface area contributed by atoms with Gasteiger partial charge in [0.1, 0.15) is 6.04 Å². The van der Waals surface area contributed by atoms with E-state index in [-0.39, 0.29) is 36.2 Å². The molecule has 0 unspecified atom stereocenters. The molecule has 1 saturated heterocycles. The molecule has 0 spiro atoms. The third-order valence-corrected chi connectivity index (χ3v) is 7.67. The highest BCUT2D eigenvalue weighted by Gasteiger charge is 2.26. The average Bonchev–Trinajstić information content (AvgIpc) is 3.44. The second kappa shape index (κ2) is 15.0. The largest absolute Gasteiger partial charge is 0.480 e. The number of amides is 1. The summed E-state index contributed by atoms with van der Waals surface area (Å²) >= 11 is 0. The van der Waals surface area contributed by atoms with Crippen LogP contribution >= 0.6 is 0 Å². The highest BCUT2D eigenvalue weighted by molar-refractivity contribution is 7.88. The highest BCUT2D eigenvalue weighted by Crippen LogP contribution is 2.18. The monoisotopic (exact) mass is 572 g/mol. The summed E-state index contributed by atoms with van der Waals surface area (Å²) in [5, 5.41) is 12.7. The predicted octanol–water partition coefficient (Wildman–Crippen LogP) is 1.34. The van der Waals surface area contributed by atoms with Crippen LogP contribution in [0.4, 0.5) is 0 Å². The fraction of sp³-hybridized carbons (Fsp3) is 0.464. The van der Waals surface area contributed by atoms with E-state index in [9.17, 15) is 23.1 Å². The molecule has 0 aliphatic carbocycles. The number of hydrogen-bond donors (Lipinski definition) is 3. The molecular formula is C28H40N6O5S. The maximum Gasteiger partial charge on any atom is 0.326 e. The number of carbonyl (C=O) groups is 2. The van der Waals surface area contributed by atoms with Crippen molar-refractivity contribution < 1.29 is 23.1 Å². The van der Waals surface area contributed by atoms with Gasteiger partial charge in [-0.1, -0.05) is 36.8 Å². The number of aliphatic carboxylic acids is 1. The topological polar surface area (TPSA) is 149 Å². The van der Waals surface area contributed by atoms with E-state index in [1.54, 1.807) is 17.0 Å². The molecule has 1 aromatic rings. The minimum absolute atomic E-state index is 0.00278. The van der Waals surface area contributed by atoms with E-state index in [1.165, 1.54) is 6.20 Å². The summed E-state index contributed by atoms with van der Waals surface area (Å²) in [6, 6.07) is 6.03. The van der Waals surface area contributed by atoms with Crippen LogP contribution < -0.4 is 11.1 Å². The number of aliphatic imine (C=N–C) groups is 1. The molecule has 1 fully saturated rings. The van der Waals surface area contributed by atoms with Crippen LogP contribution in [0.1, 0.15) is 37.8 Å². The lowest BCUT2D eigenvalue weighted by Gasteiger charge is -2.27. The fourth-order valence-corrected chi connectivity index (χ4v) is 5.10. The van der Waals surface area contributed by atoms with Crippen molar-refractivity contribution in [2.45, 2.75) is 45.6 Å². The predicted molar refractivity (Wildman–Crippen MR) is 156 cm³/mol. The second-order valence-electron chi connectivity index (χ2n) is 9.45. The number of benzene rings is 1. The Bertz CT molecular complexity index is 1260. The molecule has 218 valence electrons. The molecular weight excluding hydrogens is 532 g/mol. The molecule has 11 nitrogen and oxygen atoms in total. The molecule has 0 saturated carbocycles. The van der Waals surface area contributed by atoms with Crippen LogP contribution in [0.5, 0.6) is 0 Å². The Balaban J connectivity index is 2.26. The van der Waals surface area contributed by atoms with E-state index < -0.39 is 22.0 Å². The first-order chi connectivity index (χ1) is 18.9. The third-order valence-electron chi connectivity index (χ3n) is 6.54. The number of nitrogens with one attached hydrogen (secondary N) is 1. The zero-order valence-electron chi connectivity index (χ0n) is 23.5. The van der Waals surface area contributed by atoms with Gasteiger partial charge in [0.2, 0.25) is 15.9 Å². The van der Waals surface area contributed by atoms with Crippen molar-refractivity contribution >= 4 is 27.9 Å². The quantitative estimate of drug-likeness (QED) is 0.131. The van der Waals surface area contributed by atoms with E-state index in [4.69, 9.17) is 12.2 Å². The summed E-state index contributed by atoms with van der Waals surface area (Å²) in [5.41, 5.74) is 7.58. The molecule has 4 N–H and O–H groups in total. The van der Waals surface area contributed by atoms with Gasteiger partial charge >= 0.3 is 5.97 Å². The van der Waals surface area contributed by atoms with Gasteiger partial charge in [-0.25, -0.2) is 18.2 Å². The van der Waals surface area contributed by atoms with Crippen molar-refractivity contribution in [1.29, 1.82) is 0 Å². The van der Waals surface area contributed by atoms with Gasteiger partial charge < -0.3 is 26.0 Å². The number of sulfonamides is 1. The summed E-state index contributed by atoms with van der Waals surface area (Å²) in [6.07, 6.45) is 10.0. The van der Waals surface area contributed by atoms with Gasteiger partial charge in [0, 0.05) is 32.6 Å². The fourth-order valence-electron chi connectivity index (χ4n) is 4.28. The third kappa shape index (κ3) is 9.34. The molecule has 1 aromatic carbocycles. The molecule has 40 heavy (non-hydrogen) atoms. The maximum atomic E-state index is 12.5. The Morgan fingerprint density at radius 3 is 2.30 bits per heavy atom. The van der Waals surface area contributed by atoms with Crippen LogP contribution in [0.25, 0.3) is 0 Å². The van der Waals surface area contributed by atoms with E-state index in [0.29, 0.717) is 25.1 Å². The number of carboxylic acids is 1. The minimum atomic E-state index is -3.87. The van der Waals surface area contributed by atoms with E-state index in [0.717, 1.165) is 42.1 Å². The number of guanidine groups is 1. The van der Waals surface area contributed by atoms with Gasteiger partial charge in [-0.3, -0.25) is 9.10 Å². The molecule has 0 bridgehead atoms. The molecule has 1 aliphatic rings. The highest BCUT2D eigenvalue weighted by atomic mass is 32.2. The number of nitrogens with two attached hydrogens (primary N) is 1. The van der Waals surface area contributed by atoms with Gasteiger partial charge in [0.05, 0.1) is 36.8 Å². The normalized spacial score (nSPS) is 14.8. The average molecular weight is 573 g/mol. The SMILES string of the molecule is C#CCN(/C(=C/N=C(N)N(CC)CC)C(=C)N[C@@H](Cc1ccc(CC(=O)N2CCCC2)cc1)C(=O)O)S(C)(=O)=O. The summed E-state index contributed by atoms with van der Waals surface area (Å²) in [6.45, 7) is 10.1. The summed E-state index contributed by atoms with van der Waals surface area (Å²) < 4.78 is 26.0.